The molecule has 2 aliphatic rings. The largest absolute Gasteiger partial charge is 0.496 e. The number of carbonyl (C=O) groups is 4. The van der Waals surface area contributed by atoms with Crippen LogP contribution in [-0.4, -0.2) is 83.2 Å². The molecule has 6 aromatic rings. The van der Waals surface area contributed by atoms with E-state index in [1.54, 1.807) is 60.7 Å². The summed E-state index contributed by atoms with van der Waals surface area (Å²) in [4.78, 5) is 51.3. The summed E-state index contributed by atoms with van der Waals surface area (Å²) in [6, 6.07) is 24.3. The van der Waals surface area contributed by atoms with Crippen LogP contribution < -0.4 is 9.47 Å². The number of amides is 2. The molecule has 23 heteroatoms. The van der Waals surface area contributed by atoms with Gasteiger partial charge in [0.15, 0.2) is 0 Å². The number of carbonyl (C=O) groups excluding carboxylic acids is 2. The van der Waals surface area contributed by atoms with Crippen molar-refractivity contribution >= 4 is 47.7 Å². The number of ether oxygens (including phenoxy) is 2. The number of rotatable bonds is 14. The van der Waals surface area contributed by atoms with Gasteiger partial charge in [-0.15, -0.1) is 0 Å². The zero-order valence-corrected chi connectivity index (χ0v) is 44.4. The standard InChI is InChI=1S/C60H48F12N2O8S/c1-81-45-19-11-9-17-37(45)41-31-47(53(59(67,68)69)51(57(61,62)63)39(41)21-23-49(75)73-27-25-35(29-43(73)55(77)78)33-13-5-3-6-14-33)83-48-32-42(38-18-10-12-20-46(38)82-2)40(52(58(64,65)66)54(48)60(70,71)72)22-24-50(76)74-28-26-36(30-44(74)56(79)80)34-15-7-4-8-16-34/h3-24,31-32,35-36,43-44H,25-30H2,1-2H3,(H,77,78)(H,79,80). The van der Waals surface area contributed by atoms with Gasteiger partial charge in [0, 0.05) is 46.2 Å². The highest BCUT2D eigenvalue weighted by atomic mass is 32.2. The number of halogens is 12. The maximum atomic E-state index is 15.9. The van der Waals surface area contributed by atoms with Crippen molar-refractivity contribution in [2.45, 2.75) is 84.1 Å². The van der Waals surface area contributed by atoms with Crippen LogP contribution in [0.2, 0.25) is 0 Å². The van der Waals surface area contributed by atoms with E-state index >= 15 is 52.7 Å². The maximum Gasteiger partial charge on any atom is 0.418 e. The predicted octanol–water partition coefficient (Wildman–Crippen LogP) is 15.0. The SMILES string of the molecule is COc1ccccc1-c1cc(Sc2cc(-c3ccccc3OC)c(C=CC(=O)N3CCC(c4ccccc4)CC3C(=O)O)c(C(F)(F)F)c2C(F)(F)F)c(C(F)(F)F)c(C(F)(F)F)c1C=CC(=O)N1CCC(c2ccccc2)CC1C(=O)O. The van der Waals surface area contributed by atoms with Gasteiger partial charge in [0.1, 0.15) is 23.6 Å². The number of para-hydroxylation sites is 2. The van der Waals surface area contributed by atoms with Crippen LogP contribution in [0.1, 0.15) is 82.0 Å². The molecule has 0 aliphatic carbocycles. The quantitative estimate of drug-likeness (QED) is 0.0808. The van der Waals surface area contributed by atoms with Crippen LogP contribution in [0.25, 0.3) is 34.4 Å². The molecule has 2 amide bonds. The molecule has 6 aromatic carbocycles. The molecule has 4 atom stereocenters. The maximum absolute atomic E-state index is 15.9. The molecule has 83 heavy (non-hydrogen) atoms. The lowest BCUT2D eigenvalue weighted by atomic mass is 9.85. The summed E-state index contributed by atoms with van der Waals surface area (Å²) in [7, 11) is 2.06. The van der Waals surface area contributed by atoms with E-state index in [0.29, 0.717) is 36.4 Å². The molecule has 2 heterocycles. The van der Waals surface area contributed by atoms with E-state index in [9.17, 15) is 29.4 Å². The smallest absolute Gasteiger partial charge is 0.418 e. The van der Waals surface area contributed by atoms with E-state index in [2.05, 4.69) is 0 Å². The average Bonchev–Trinajstić information content (AvgIpc) is 3.42. The second-order valence-electron chi connectivity index (χ2n) is 19.4. The molecule has 10 nitrogen and oxygen atoms in total. The summed E-state index contributed by atoms with van der Waals surface area (Å²) >= 11 is -0.736. The van der Waals surface area contributed by atoms with Crippen LogP contribution >= 0.6 is 11.8 Å². The fourth-order valence-electron chi connectivity index (χ4n) is 10.8. The number of carboxylic acid groups (broad SMARTS) is 2. The van der Waals surface area contributed by atoms with Crippen molar-refractivity contribution in [3.05, 3.63) is 178 Å². The first-order chi connectivity index (χ1) is 39.1. The molecular weight excluding hydrogens is 1140 g/mol. The monoisotopic (exact) mass is 1180 g/mol. The topological polar surface area (TPSA) is 134 Å². The van der Waals surface area contributed by atoms with E-state index in [4.69, 9.17) is 9.47 Å². The molecule has 2 saturated heterocycles. The van der Waals surface area contributed by atoms with Gasteiger partial charge in [-0.05, 0) is 107 Å². The van der Waals surface area contributed by atoms with Gasteiger partial charge >= 0.3 is 36.6 Å². The number of likely N-dealkylation sites (tertiary alicyclic amines) is 2. The van der Waals surface area contributed by atoms with Gasteiger partial charge in [-0.1, -0.05) is 109 Å². The van der Waals surface area contributed by atoms with Crippen LogP contribution in [0.15, 0.2) is 143 Å². The predicted molar refractivity (Wildman–Crippen MR) is 282 cm³/mol. The fourth-order valence-corrected chi connectivity index (χ4v) is 12.0. The number of aliphatic carboxylic acids is 2. The number of hydrogen-bond acceptors (Lipinski definition) is 7. The van der Waals surface area contributed by atoms with Gasteiger partial charge in [0.05, 0.1) is 36.5 Å². The van der Waals surface area contributed by atoms with Crippen LogP contribution in [0.5, 0.6) is 11.5 Å². The lowest BCUT2D eigenvalue weighted by molar-refractivity contribution is -0.164. The summed E-state index contributed by atoms with van der Waals surface area (Å²) < 4.78 is 201. The highest BCUT2D eigenvalue weighted by Gasteiger charge is 2.51. The molecule has 0 saturated carbocycles. The third-order valence-electron chi connectivity index (χ3n) is 14.5. The molecule has 0 radical (unpaired) electrons. The molecule has 2 fully saturated rings. The summed E-state index contributed by atoms with van der Waals surface area (Å²) in [5.41, 5.74) is -14.5. The van der Waals surface area contributed by atoms with Crippen molar-refractivity contribution in [1.29, 1.82) is 0 Å². The van der Waals surface area contributed by atoms with Crippen LogP contribution in [-0.2, 0) is 43.9 Å². The van der Waals surface area contributed by atoms with Crippen molar-refractivity contribution in [2.75, 3.05) is 27.3 Å². The molecule has 436 valence electrons. The van der Waals surface area contributed by atoms with Crippen LogP contribution in [0.4, 0.5) is 52.7 Å². The van der Waals surface area contributed by atoms with Crippen molar-refractivity contribution < 1.29 is 91.5 Å². The van der Waals surface area contributed by atoms with E-state index in [1.807, 2.05) is 0 Å². The first kappa shape index (κ1) is 60.9. The highest BCUT2D eigenvalue weighted by Crippen LogP contribution is 2.56. The number of carboxylic acids is 2. The van der Waals surface area contributed by atoms with Crippen molar-refractivity contribution in [3.63, 3.8) is 0 Å². The van der Waals surface area contributed by atoms with Gasteiger partial charge in [-0.3, -0.25) is 9.59 Å². The molecule has 8 rings (SSSR count). The minimum absolute atomic E-state index is 0.158. The molecule has 0 bridgehead atoms. The Balaban J connectivity index is 1.35. The Bertz CT molecular complexity index is 3250. The van der Waals surface area contributed by atoms with Crippen LogP contribution in [0, 0.1) is 0 Å². The van der Waals surface area contributed by atoms with Gasteiger partial charge in [-0.25, -0.2) is 9.59 Å². The third-order valence-corrected chi connectivity index (χ3v) is 15.6. The van der Waals surface area contributed by atoms with Gasteiger partial charge in [0.25, 0.3) is 0 Å². The minimum atomic E-state index is -6.18. The molecule has 4 unspecified atom stereocenters. The summed E-state index contributed by atoms with van der Waals surface area (Å²) in [6.07, 6.45) is -23.0. The number of benzene rings is 6. The number of piperidine rings is 2. The van der Waals surface area contributed by atoms with Gasteiger partial charge in [0.2, 0.25) is 11.8 Å². The Morgan fingerprint density at radius 1 is 0.482 bits per heavy atom. The summed E-state index contributed by atoms with van der Waals surface area (Å²) in [5.74, 6) is -6.89. The number of methoxy groups -OCH3 is 2. The Kier molecular flexibility index (Phi) is 17.8. The first-order valence-electron chi connectivity index (χ1n) is 25.3. The van der Waals surface area contributed by atoms with E-state index < -0.39 is 150 Å². The minimum Gasteiger partial charge on any atom is -0.496 e. The molecular formula is C60H48F12N2O8S. The normalized spacial score (nSPS) is 18.1. The Labute approximate surface area is 470 Å². The van der Waals surface area contributed by atoms with Crippen molar-refractivity contribution in [1.82, 2.24) is 9.80 Å². The number of hydrogen-bond donors (Lipinski definition) is 2. The average molecular weight is 1190 g/mol. The Hall–Kier alpha value is -8.21. The Morgan fingerprint density at radius 2 is 0.807 bits per heavy atom. The molecule has 0 aromatic heterocycles. The van der Waals surface area contributed by atoms with Crippen molar-refractivity contribution in [2.24, 2.45) is 0 Å². The summed E-state index contributed by atoms with van der Waals surface area (Å²) in [5, 5.41) is 20.4. The highest BCUT2D eigenvalue weighted by molar-refractivity contribution is 7.99. The van der Waals surface area contributed by atoms with E-state index in [0.717, 1.165) is 47.3 Å². The fraction of sp³-hybridized carbons (Fsp3) is 0.267. The lowest BCUT2D eigenvalue weighted by Gasteiger charge is -2.37. The van der Waals surface area contributed by atoms with Crippen molar-refractivity contribution in [3.8, 4) is 33.8 Å². The molecule has 2 aliphatic heterocycles. The van der Waals surface area contributed by atoms with E-state index in [1.165, 1.54) is 36.4 Å². The zero-order chi connectivity index (χ0) is 60.3. The van der Waals surface area contributed by atoms with Gasteiger partial charge < -0.3 is 29.5 Å². The lowest BCUT2D eigenvalue weighted by Crippen LogP contribution is -2.49. The molecule has 0 spiro atoms. The summed E-state index contributed by atoms with van der Waals surface area (Å²) in [6.45, 7) is -0.534. The Morgan fingerprint density at radius 3 is 1.12 bits per heavy atom. The third kappa shape index (κ3) is 13.2. The number of nitrogens with zero attached hydrogens (tertiary/aromatic N) is 2. The van der Waals surface area contributed by atoms with Gasteiger partial charge in [-0.2, -0.15) is 52.7 Å². The second kappa shape index (κ2) is 24.3. The zero-order valence-electron chi connectivity index (χ0n) is 43.6. The second-order valence-corrected chi connectivity index (χ2v) is 20.5. The van der Waals surface area contributed by atoms with E-state index in [-0.39, 0.29) is 50.3 Å². The first-order valence-corrected chi connectivity index (χ1v) is 26.1. The molecule has 2 N–H and O–H groups in total. The number of alkyl halides is 12. The van der Waals surface area contributed by atoms with Crippen LogP contribution in [0.3, 0.4) is 0 Å².